The van der Waals surface area contributed by atoms with E-state index in [0.717, 1.165) is 56.9 Å². The molecule has 10 nitrogen and oxygen atoms in total. The number of amides is 1. The molecule has 1 aliphatic heterocycles. The van der Waals surface area contributed by atoms with E-state index >= 15 is 8.78 Å². The number of likely N-dealkylation sites (N-methyl/N-ethyl adjacent to an activating group) is 1. The Hall–Kier alpha value is -5.07. The molecule has 0 bridgehead atoms. The van der Waals surface area contributed by atoms with Crippen molar-refractivity contribution in [3.05, 3.63) is 89.0 Å². The van der Waals surface area contributed by atoms with E-state index in [1.807, 2.05) is 32.3 Å². The first-order valence-corrected chi connectivity index (χ1v) is 17.1. The number of H-pyrrole nitrogens is 1. The molecule has 0 unspecified atom stereocenters. The standard InChI is InChI=1S/C39H42F2N6O4/c1-39(2,24-11-12-24)42-14-7-10-32(48)44-34-26(40)17-23(18-27(34)41)38(49)29-19-22-13-16-45(3)37-33(25-9-8-15-47(29)36(22)25)30(51-6)20-28-35(37)43-31(21-50-5)46(28)4/h7-10,15,17-20,24,42H,11-14,16,21H2,1-6H3,(H,44,48,49)/p+1/b10-7+. The Kier molecular flexibility index (Phi) is 8.92. The number of anilines is 2. The molecule has 2 aromatic carbocycles. The Balaban J connectivity index is 1.22. The number of imidazole rings is 1. The van der Waals surface area contributed by atoms with Crippen LogP contribution in [-0.4, -0.2) is 61.0 Å². The molecule has 3 N–H and O–H groups in total. The predicted octanol–water partition coefficient (Wildman–Crippen LogP) is 5.84. The Morgan fingerprint density at radius 1 is 1.14 bits per heavy atom. The maximum Gasteiger partial charge on any atom is 0.281 e. The van der Waals surface area contributed by atoms with Crippen LogP contribution in [0, 0.1) is 17.6 Å². The minimum Gasteiger partial charge on any atom is -0.496 e. The Bertz CT molecular complexity index is 2210. The van der Waals surface area contributed by atoms with Crippen LogP contribution >= 0.6 is 0 Å². The number of benzene rings is 2. The molecule has 1 saturated carbocycles. The van der Waals surface area contributed by atoms with Gasteiger partial charge in [0.25, 0.3) is 5.82 Å². The van der Waals surface area contributed by atoms with E-state index in [4.69, 9.17) is 9.47 Å². The summed E-state index contributed by atoms with van der Waals surface area (Å²) in [6, 6.07) is 9.57. The third-order valence-corrected chi connectivity index (χ3v) is 10.3. The number of nitrogens with one attached hydrogen (secondary N) is 3. The number of rotatable bonds is 11. The largest absolute Gasteiger partial charge is 0.496 e. The van der Waals surface area contributed by atoms with Gasteiger partial charge in [-0.1, -0.05) is 12.1 Å². The molecule has 12 heteroatoms. The number of hydrogen-bond acceptors (Lipinski definition) is 6. The summed E-state index contributed by atoms with van der Waals surface area (Å²) in [5.74, 6) is -1.13. The van der Waals surface area contributed by atoms with Crippen molar-refractivity contribution in [1.29, 1.82) is 0 Å². The maximum absolute atomic E-state index is 15.4. The molecule has 0 radical (unpaired) electrons. The van der Waals surface area contributed by atoms with Gasteiger partial charge < -0.3 is 29.4 Å². The zero-order valence-corrected chi connectivity index (χ0v) is 29.7. The summed E-state index contributed by atoms with van der Waals surface area (Å²) in [6.45, 7) is 5.71. The second-order valence-electron chi connectivity index (χ2n) is 14.0. The van der Waals surface area contributed by atoms with Gasteiger partial charge in [-0.2, -0.15) is 0 Å². The number of methoxy groups -OCH3 is 2. The van der Waals surface area contributed by atoms with Crippen molar-refractivity contribution < 1.29 is 32.4 Å². The fraction of sp³-hybridized carbons (Fsp3) is 0.359. The van der Waals surface area contributed by atoms with Crippen molar-refractivity contribution in [1.82, 2.24) is 14.7 Å². The highest BCUT2D eigenvalue weighted by molar-refractivity contribution is 6.11. The van der Waals surface area contributed by atoms with Crippen molar-refractivity contribution in [2.45, 2.75) is 45.3 Å². The van der Waals surface area contributed by atoms with Crippen molar-refractivity contribution in [3.8, 4) is 16.9 Å². The lowest BCUT2D eigenvalue weighted by Gasteiger charge is -2.26. The molecule has 1 aliphatic carbocycles. The number of ether oxygens (including phenoxy) is 2. The van der Waals surface area contributed by atoms with Crippen molar-refractivity contribution in [3.63, 3.8) is 0 Å². The van der Waals surface area contributed by atoms with Crippen LogP contribution in [0.3, 0.4) is 0 Å². The summed E-state index contributed by atoms with van der Waals surface area (Å²) in [5, 5.41) is 5.68. The van der Waals surface area contributed by atoms with Crippen LogP contribution in [0.1, 0.15) is 54.1 Å². The van der Waals surface area contributed by atoms with Gasteiger partial charge in [-0.25, -0.2) is 18.3 Å². The second-order valence-corrected chi connectivity index (χ2v) is 14.0. The first-order valence-electron chi connectivity index (χ1n) is 17.1. The number of ketones is 1. The highest BCUT2D eigenvalue weighted by atomic mass is 19.1. The molecule has 0 saturated heterocycles. The minimum absolute atomic E-state index is 0.0405. The maximum atomic E-state index is 15.4. The molecule has 5 aromatic rings. The number of pyridine rings is 1. The van der Waals surface area contributed by atoms with Crippen LogP contribution in [0.4, 0.5) is 20.2 Å². The fourth-order valence-corrected chi connectivity index (χ4v) is 7.35. The Morgan fingerprint density at radius 3 is 2.57 bits per heavy atom. The number of fused-ring (bicyclic) bond motifs is 4. The number of aromatic nitrogens is 3. The molecule has 266 valence electrons. The van der Waals surface area contributed by atoms with Crippen molar-refractivity contribution in [2.24, 2.45) is 13.0 Å². The molecule has 1 amide bonds. The zero-order chi connectivity index (χ0) is 36.2. The van der Waals surface area contributed by atoms with E-state index in [1.54, 1.807) is 37.0 Å². The van der Waals surface area contributed by atoms with E-state index in [-0.39, 0.29) is 16.8 Å². The molecular weight excluding hydrogens is 654 g/mol. The topological polar surface area (TPSA) is 104 Å². The molecule has 1 fully saturated rings. The van der Waals surface area contributed by atoms with E-state index < -0.39 is 29.0 Å². The van der Waals surface area contributed by atoms with Crippen LogP contribution in [0.25, 0.3) is 27.7 Å². The molecule has 0 atom stereocenters. The van der Waals surface area contributed by atoms with E-state index in [2.05, 4.69) is 38.9 Å². The van der Waals surface area contributed by atoms with Crippen LogP contribution in [0.2, 0.25) is 0 Å². The minimum atomic E-state index is -1.04. The summed E-state index contributed by atoms with van der Waals surface area (Å²) in [7, 11) is 7.29. The van der Waals surface area contributed by atoms with Gasteiger partial charge in [0.1, 0.15) is 35.4 Å². The smallest absolute Gasteiger partial charge is 0.281 e. The molecular formula is C39H43F2N6O4+. The molecule has 3 aromatic heterocycles. The number of aryl methyl sites for hydroxylation is 1. The number of hydrogen-bond donors (Lipinski definition) is 3. The molecule has 2 aliphatic rings. The van der Waals surface area contributed by atoms with Crippen molar-refractivity contribution >= 4 is 39.6 Å². The SMILES string of the molecule is COCc1[nH]c2c3c(c(OC)cc2[n+]1C)-c1cccn2c(C(=O)c4cc(F)c(NC(=O)/C=C/CNC(C)(C)C5CC5)c(F)c4)cc(c12)CCN3C. The van der Waals surface area contributed by atoms with Crippen LogP contribution in [-0.2, 0) is 29.6 Å². The summed E-state index contributed by atoms with van der Waals surface area (Å²) in [5.41, 5.74) is 5.72. The van der Waals surface area contributed by atoms with Gasteiger partial charge in [0.15, 0.2) is 11.0 Å². The first-order chi connectivity index (χ1) is 24.4. The highest BCUT2D eigenvalue weighted by Crippen LogP contribution is 2.47. The van der Waals surface area contributed by atoms with Gasteiger partial charge in [0.05, 0.1) is 30.9 Å². The van der Waals surface area contributed by atoms with Gasteiger partial charge in [-0.05, 0) is 68.9 Å². The van der Waals surface area contributed by atoms with Crippen LogP contribution in [0.5, 0.6) is 5.75 Å². The van der Waals surface area contributed by atoms with Gasteiger partial charge >= 0.3 is 0 Å². The number of aromatic amines is 1. The number of nitrogens with zero attached hydrogens (tertiary/aromatic N) is 3. The Morgan fingerprint density at radius 2 is 1.88 bits per heavy atom. The molecule has 0 spiro atoms. The average Bonchev–Trinajstić information content (AvgIpc) is 3.85. The zero-order valence-electron chi connectivity index (χ0n) is 29.7. The lowest BCUT2D eigenvalue weighted by Crippen LogP contribution is -2.41. The summed E-state index contributed by atoms with van der Waals surface area (Å²) in [6.07, 6.45) is 7.62. The van der Waals surface area contributed by atoms with Crippen LogP contribution < -0.4 is 24.8 Å². The van der Waals surface area contributed by atoms with Gasteiger partial charge in [-0.3, -0.25) is 9.59 Å². The summed E-state index contributed by atoms with van der Waals surface area (Å²) < 4.78 is 46.0. The predicted molar refractivity (Wildman–Crippen MR) is 192 cm³/mol. The molecule has 51 heavy (non-hydrogen) atoms. The highest BCUT2D eigenvalue weighted by Gasteiger charge is 2.37. The lowest BCUT2D eigenvalue weighted by molar-refractivity contribution is -0.655. The fourth-order valence-electron chi connectivity index (χ4n) is 7.35. The first kappa shape index (κ1) is 34.4. The third kappa shape index (κ3) is 6.16. The number of carbonyl (C=O) groups excluding carboxylic acids is 2. The van der Waals surface area contributed by atoms with Gasteiger partial charge in [0.2, 0.25) is 11.7 Å². The third-order valence-electron chi connectivity index (χ3n) is 10.3. The number of carbonyl (C=O) groups is 2. The summed E-state index contributed by atoms with van der Waals surface area (Å²) in [4.78, 5) is 32.3. The average molecular weight is 698 g/mol. The summed E-state index contributed by atoms with van der Waals surface area (Å²) >= 11 is 0. The number of halogens is 2. The Labute approximate surface area is 295 Å². The van der Waals surface area contributed by atoms with Gasteiger partial charge in [-0.15, -0.1) is 0 Å². The van der Waals surface area contributed by atoms with Crippen LogP contribution in [0.15, 0.2) is 54.7 Å². The van der Waals surface area contributed by atoms with Gasteiger partial charge in [0, 0.05) is 62.3 Å². The van der Waals surface area contributed by atoms with E-state index in [1.165, 1.54) is 18.9 Å². The molecule has 7 rings (SSSR count). The quantitative estimate of drug-likeness (QED) is 0.0911. The van der Waals surface area contributed by atoms with E-state index in [9.17, 15) is 9.59 Å². The monoisotopic (exact) mass is 697 g/mol. The van der Waals surface area contributed by atoms with Crippen molar-refractivity contribution in [2.75, 3.05) is 44.6 Å². The van der Waals surface area contributed by atoms with E-state index in [0.29, 0.717) is 37.8 Å². The molecule has 4 heterocycles. The second kappa shape index (κ2) is 13.2. The normalized spacial score (nSPS) is 14.6. The lowest BCUT2D eigenvalue weighted by atomic mass is 9.96.